The Balaban J connectivity index is 2.88. The summed E-state index contributed by atoms with van der Waals surface area (Å²) in [6.45, 7) is 4.20. The molecule has 0 atom stereocenters. The zero-order valence-electron chi connectivity index (χ0n) is 13.2. The molecule has 0 N–H and O–H groups in total. The Morgan fingerprint density at radius 1 is 0.579 bits per heavy atom. The average Bonchev–Trinajstić information content (AvgIpc) is 2.43. The van der Waals surface area contributed by atoms with E-state index in [9.17, 15) is 0 Å². The van der Waals surface area contributed by atoms with Crippen LogP contribution in [-0.4, -0.2) is 19.0 Å². The van der Waals surface area contributed by atoms with Gasteiger partial charge < -0.3 is 4.74 Å². The van der Waals surface area contributed by atoms with Crippen molar-refractivity contribution >= 4 is 12.6 Å². The van der Waals surface area contributed by atoms with Gasteiger partial charge in [-0.1, -0.05) is 71.1 Å². The van der Waals surface area contributed by atoms with E-state index in [1.54, 1.807) is 0 Å². The first-order valence-electron chi connectivity index (χ1n) is 8.60. The molecule has 0 radical (unpaired) electrons. The topological polar surface area (TPSA) is 9.23 Å². The molecular formula is C17H36OS. The largest absolute Gasteiger partial charge is 0.381 e. The predicted octanol–water partition coefficient (Wildman–Crippen LogP) is 6.02. The third-order valence-electron chi connectivity index (χ3n) is 3.59. The Kier molecular flexibility index (Phi) is 18.6. The lowest BCUT2D eigenvalue weighted by Gasteiger charge is -2.04. The highest BCUT2D eigenvalue weighted by Crippen LogP contribution is 2.10. The SMILES string of the molecule is CCCCCCCCCCCCOCCCCCS. The summed E-state index contributed by atoms with van der Waals surface area (Å²) in [7, 11) is 0. The van der Waals surface area contributed by atoms with Crippen LogP contribution in [0.4, 0.5) is 0 Å². The summed E-state index contributed by atoms with van der Waals surface area (Å²) < 4.78 is 5.63. The van der Waals surface area contributed by atoms with E-state index >= 15 is 0 Å². The number of rotatable bonds is 16. The number of unbranched alkanes of at least 4 members (excludes halogenated alkanes) is 11. The zero-order chi connectivity index (χ0) is 14.0. The molecule has 19 heavy (non-hydrogen) atoms. The average molecular weight is 289 g/mol. The number of ether oxygens (including phenoxy) is 1. The molecule has 0 aromatic heterocycles. The van der Waals surface area contributed by atoms with Gasteiger partial charge in [0, 0.05) is 13.2 Å². The van der Waals surface area contributed by atoms with E-state index in [1.807, 2.05) is 0 Å². The quantitative estimate of drug-likeness (QED) is 0.270. The highest BCUT2D eigenvalue weighted by Gasteiger charge is 1.93. The predicted molar refractivity (Wildman–Crippen MR) is 90.4 cm³/mol. The lowest BCUT2D eigenvalue weighted by molar-refractivity contribution is 0.126. The maximum atomic E-state index is 5.63. The Labute approximate surface area is 127 Å². The molecule has 0 unspecified atom stereocenters. The van der Waals surface area contributed by atoms with Gasteiger partial charge in [0.2, 0.25) is 0 Å². The van der Waals surface area contributed by atoms with Crippen molar-refractivity contribution in [2.24, 2.45) is 0 Å². The van der Waals surface area contributed by atoms with Crippen molar-refractivity contribution in [3.8, 4) is 0 Å². The van der Waals surface area contributed by atoms with E-state index in [0.717, 1.165) is 19.0 Å². The summed E-state index contributed by atoms with van der Waals surface area (Å²) >= 11 is 4.20. The minimum atomic E-state index is 0.950. The van der Waals surface area contributed by atoms with E-state index in [-0.39, 0.29) is 0 Å². The van der Waals surface area contributed by atoms with Gasteiger partial charge in [-0.25, -0.2) is 0 Å². The van der Waals surface area contributed by atoms with Crippen molar-refractivity contribution in [3.63, 3.8) is 0 Å². The molecule has 1 nitrogen and oxygen atoms in total. The van der Waals surface area contributed by atoms with Crippen LogP contribution in [0.2, 0.25) is 0 Å². The minimum absolute atomic E-state index is 0.950. The van der Waals surface area contributed by atoms with Gasteiger partial charge >= 0.3 is 0 Å². The first kappa shape index (κ1) is 19.3. The van der Waals surface area contributed by atoms with Gasteiger partial charge in [-0.15, -0.1) is 0 Å². The third-order valence-corrected chi connectivity index (χ3v) is 3.91. The Morgan fingerprint density at radius 3 is 1.47 bits per heavy atom. The van der Waals surface area contributed by atoms with Crippen LogP contribution in [0.25, 0.3) is 0 Å². The van der Waals surface area contributed by atoms with Crippen molar-refractivity contribution in [2.75, 3.05) is 19.0 Å². The van der Waals surface area contributed by atoms with Gasteiger partial charge in [0.05, 0.1) is 0 Å². The summed E-state index contributed by atoms with van der Waals surface area (Å²) in [6, 6.07) is 0. The Bertz CT molecular complexity index is 134. The number of hydrogen-bond acceptors (Lipinski definition) is 2. The fraction of sp³-hybridized carbons (Fsp3) is 1.00. The van der Waals surface area contributed by atoms with Crippen LogP contribution in [0, 0.1) is 0 Å². The van der Waals surface area contributed by atoms with Gasteiger partial charge in [0.25, 0.3) is 0 Å². The molecule has 0 amide bonds. The molecule has 0 aliphatic rings. The van der Waals surface area contributed by atoms with Gasteiger partial charge in [-0.05, 0) is 25.0 Å². The summed E-state index contributed by atoms with van der Waals surface area (Å²) in [5, 5.41) is 0. The third kappa shape index (κ3) is 18.3. The zero-order valence-corrected chi connectivity index (χ0v) is 14.1. The summed E-state index contributed by atoms with van der Waals surface area (Å²) in [4.78, 5) is 0. The van der Waals surface area contributed by atoms with Crippen LogP contribution in [-0.2, 0) is 4.74 Å². The van der Waals surface area contributed by atoms with Crippen molar-refractivity contribution in [3.05, 3.63) is 0 Å². The number of hydrogen-bond donors (Lipinski definition) is 1. The van der Waals surface area contributed by atoms with Crippen LogP contribution >= 0.6 is 12.6 Å². The van der Waals surface area contributed by atoms with E-state index < -0.39 is 0 Å². The second kappa shape index (κ2) is 18.3. The molecule has 0 aromatic rings. The lowest BCUT2D eigenvalue weighted by atomic mass is 10.1. The fourth-order valence-corrected chi connectivity index (χ4v) is 2.51. The first-order valence-corrected chi connectivity index (χ1v) is 9.23. The molecule has 116 valence electrons. The second-order valence-corrected chi connectivity index (χ2v) is 6.03. The van der Waals surface area contributed by atoms with Crippen molar-refractivity contribution in [2.45, 2.75) is 90.4 Å². The van der Waals surface area contributed by atoms with Crippen LogP contribution in [0.15, 0.2) is 0 Å². The highest BCUT2D eigenvalue weighted by molar-refractivity contribution is 7.80. The van der Waals surface area contributed by atoms with E-state index in [0.29, 0.717) is 0 Å². The summed E-state index contributed by atoms with van der Waals surface area (Å²) in [5.74, 6) is 1.01. The van der Waals surface area contributed by atoms with Crippen molar-refractivity contribution in [1.82, 2.24) is 0 Å². The fourth-order valence-electron chi connectivity index (χ4n) is 2.29. The maximum Gasteiger partial charge on any atom is 0.0466 e. The molecular weight excluding hydrogens is 252 g/mol. The van der Waals surface area contributed by atoms with Crippen LogP contribution in [0.5, 0.6) is 0 Å². The molecule has 0 rings (SSSR count). The van der Waals surface area contributed by atoms with Crippen LogP contribution < -0.4 is 0 Å². The van der Waals surface area contributed by atoms with Crippen LogP contribution in [0.3, 0.4) is 0 Å². The number of thiol groups is 1. The standard InChI is InChI=1S/C17H36OS/c1-2-3-4-5-6-7-8-9-10-12-15-18-16-13-11-14-17-19/h19H,2-17H2,1H3. The normalized spacial score (nSPS) is 11.1. The molecule has 2 heteroatoms. The monoisotopic (exact) mass is 288 g/mol. The minimum Gasteiger partial charge on any atom is -0.381 e. The molecule has 0 aromatic carbocycles. The molecule has 0 bridgehead atoms. The van der Waals surface area contributed by atoms with E-state index in [1.165, 1.54) is 83.5 Å². The molecule has 0 heterocycles. The van der Waals surface area contributed by atoms with Gasteiger partial charge in [-0.2, -0.15) is 12.6 Å². The highest BCUT2D eigenvalue weighted by atomic mass is 32.1. The van der Waals surface area contributed by atoms with E-state index in [4.69, 9.17) is 4.74 Å². The first-order chi connectivity index (χ1) is 9.41. The smallest absolute Gasteiger partial charge is 0.0466 e. The summed E-state index contributed by atoms with van der Waals surface area (Å²) in [6.07, 6.45) is 17.7. The Morgan fingerprint density at radius 2 is 1.00 bits per heavy atom. The molecule has 0 saturated carbocycles. The van der Waals surface area contributed by atoms with Gasteiger partial charge in [0.15, 0.2) is 0 Å². The van der Waals surface area contributed by atoms with E-state index in [2.05, 4.69) is 19.6 Å². The molecule has 0 fully saturated rings. The lowest BCUT2D eigenvalue weighted by Crippen LogP contribution is -1.97. The van der Waals surface area contributed by atoms with Gasteiger partial charge in [0.1, 0.15) is 0 Å². The van der Waals surface area contributed by atoms with Gasteiger partial charge in [-0.3, -0.25) is 0 Å². The van der Waals surface area contributed by atoms with Crippen molar-refractivity contribution in [1.29, 1.82) is 0 Å². The molecule has 0 aliphatic heterocycles. The molecule has 0 aliphatic carbocycles. The molecule has 0 spiro atoms. The second-order valence-electron chi connectivity index (χ2n) is 5.58. The van der Waals surface area contributed by atoms with Crippen molar-refractivity contribution < 1.29 is 4.74 Å². The van der Waals surface area contributed by atoms with Crippen LogP contribution in [0.1, 0.15) is 90.4 Å². The summed E-state index contributed by atoms with van der Waals surface area (Å²) in [5.41, 5.74) is 0. The molecule has 0 saturated heterocycles. The Hall–Kier alpha value is 0.310. The maximum absolute atomic E-state index is 5.63.